The third-order valence-corrected chi connectivity index (χ3v) is 5.27. The average Bonchev–Trinajstić information content (AvgIpc) is 2.94. The normalized spacial score (nSPS) is 18.9. The Kier molecular flexibility index (Phi) is 4.85. The second-order valence-corrected chi connectivity index (χ2v) is 7.42. The molecule has 2 heterocycles. The Morgan fingerprint density at radius 2 is 1.85 bits per heavy atom. The molecule has 4 rings (SSSR count). The van der Waals surface area contributed by atoms with Crippen LogP contribution in [0, 0.1) is 0 Å². The zero-order chi connectivity index (χ0) is 18.1. The van der Waals surface area contributed by atoms with E-state index in [4.69, 9.17) is 23.2 Å². The van der Waals surface area contributed by atoms with Crippen LogP contribution >= 0.6 is 23.2 Å². The molecule has 1 amide bonds. The van der Waals surface area contributed by atoms with E-state index in [0.717, 1.165) is 32.7 Å². The minimum absolute atomic E-state index is 0.233. The van der Waals surface area contributed by atoms with Crippen LogP contribution in [-0.4, -0.2) is 42.8 Å². The number of carbonyl (C=O) groups is 1. The Balaban J connectivity index is 1.45. The number of halogens is 2. The molecule has 0 aromatic heterocycles. The number of hydrogen-bond donors (Lipinski definition) is 2. The van der Waals surface area contributed by atoms with Crippen molar-refractivity contribution in [2.45, 2.75) is 6.54 Å². The van der Waals surface area contributed by atoms with Gasteiger partial charge >= 0.3 is 0 Å². The van der Waals surface area contributed by atoms with Gasteiger partial charge in [-0.05, 0) is 12.1 Å². The zero-order valence-electron chi connectivity index (χ0n) is 14.1. The fourth-order valence-corrected chi connectivity index (χ4v) is 3.94. The van der Waals surface area contributed by atoms with E-state index < -0.39 is 0 Å². The first-order chi connectivity index (χ1) is 12.6. The van der Waals surface area contributed by atoms with E-state index >= 15 is 0 Å². The highest BCUT2D eigenvalue weighted by atomic mass is 35.5. The highest BCUT2D eigenvalue weighted by Gasteiger charge is 2.30. The van der Waals surface area contributed by atoms with Crippen LogP contribution in [0.3, 0.4) is 0 Å². The average molecular weight is 390 g/mol. The zero-order valence-corrected chi connectivity index (χ0v) is 15.6. The number of hydrogen-bond acceptors (Lipinski definition) is 3. The molecular weight excluding hydrogens is 371 g/mol. The first kappa shape index (κ1) is 17.3. The van der Waals surface area contributed by atoms with Gasteiger partial charge in [-0.1, -0.05) is 53.5 Å². The molecule has 1 fully saturated rings. The summed E-state index contributed by atoms with van der Waals surface area (Å²) in [7, 11) is 0. The topological polar surface area (TPSA) is 49.1 Å². The van der Waals surface area contributed by atoms with Gasteiger partial charge in [0.05, 0.1) is 36.9 Å². The standard InChI is InChI=1S/C19H18Cl2N4O/c20-14-10-15-17(16(21)11-14)22-19(26)18(15)23-25-8-6-24(7-9-25)12-13-4-2-1-3-5-13/h1-5,10-11H,6-9,12H2,(H,22,23,26)/p+1. The van der Waals surface area contributed by atoms with Crippen molar-refractivity contribution < 1.29 is 9.69 Å². The number of anilines is 1. The van der Waals surface area contributed by atoms with Gasteiger partial charge in [0.25, 0.3) is 5.91 Å². The molecule has 134 valence electrons. The molecular formula is C19H19Cl2N4O+. The van der Waals surface area contributed by atoms with Gasteiger partial charge < -0.3 is 10.2 Å². The Labute approximate surface area is 162 Å². The van der Waals surface area contributed by atoms with Crippen LogP contribution in [-0.2, 0) is 11.3 Å². The van der Waals surface area contributed by atoms with Crippen LogP contribution in [0.25, 0.3) is 0 Å². The predicted molar refractivity (Wildman–Crippen MR) is 104 cm³/mol. The van der Waals surface area contributed by atoms with E-state index in [1.807, 2.05) is 11.1 Å². The van der Waals surface area contributed by atoms with Gasteiger partial charge in [-0.15, -0.1) is 0 Å². The quantitative estimate of drug-likeness (QED) is 0.843. The van der Waals surface area contributed by atoms with Crippen molar-refractivity contribution in [2.75, 3.05) is 31.5 Å². The molecule has 2 aliphatic heterocycles. The van der Waals surface area contributed by atoms with Gasteiger partial charge in [-0.25, -0.2) is 0 Å². The second kappa shape index (κ2) is 7.27. The maximum absolute atomic E-state index is 12.3. The molecule has 2 aromatic rings. The number of quaternary nitrogens is 1. The molecule has 2 aliphatic rings. The SMILES string of the molecule is O=C1Nc2c(Cl)cc(Cl)cc2/C1=N/N1CC[NH+](Cc2ccccc2)CC1. The number of piperazine rings is 1. The lowest BCUT2D eigenvalue weighted by atomic mass is 10.1. The third-order valence-electron chi connectivity index (χ3n) is 4.75. The number of benzene rings is 2. The first-order valence-corrected chi connectivity index (χ1v) is 9.37. The molecule has 0 saturated carbocycles. The summed E-state index contributed by atoms with van der Waals surface area (Å²) in [4.78, 5) is 13.8. The van der Waals surface area contributed by atoms with Gasteiger partial charge in [0.15, 0.2) is 5.71 Å². The minimum atomic E-state index is -0.233. The summed E-state index contributed by atoms with van der Waals surface area (Å²) < 4.78 is 0. The van der Waals surface area contributed by atoms with Crippen molar-refractivity contribution >= 4 is 40.5 Å². The van der Waals surface area contributed by atoms with Crippen molar-refractivity contribution in [1.29, 1.82) is 0 Å². The molecule has 0 unspecified atom stereocenters. The molecule has 0 bridgehead atoms. The smallest absolute Gasteiger partial charge is 0.276 e. The van der Waals surface area contributed by atoms with Gasteiger partial charge in [-0.2, -0.15) is 5.10 Å². The molecule has 0 aliphatic carbocycles. The summed E-state index contributed by atoms with van der Waals surface area (Å²) in [5, 5.41) is 10.3. The van der Waals surface area contributed by atoms with Crippen molar-refractivity contribution in [3.8, 4) is 0 Å². The number of amides is 1. The maximum atomic E-state index is 12.3. The van der Waals surface area contributed by atoms with Crippen molar-refractivity contribution in [3.05, 3.63) is 63.6 Å². The number of fused-ring (bicyclic) bond motifs is 1. The van der Waals surface area contributed by atoms with E-state index in [9.17, 15) is 4.79 Å². The molecule has 7 heteroatoms. The van der Waals surface area contributed by atoms with Crippen LogP contribution in [0.5, 0.6) is 0 Å². The molecule has 0 radical (unpaired) electrons. The van der Waals surface area contributed by atoms with Crippen molar-refractivity contribution in [1.82, 2.24) is 5.01 Å². The van der Waals surface area contributed by atoms with Crippen LogP contribution < -0.4 is 10.2 Å². The molecule has 1 saturated heterocycles. The summed E-state index contributed by atoms with van der Waals surface area (Å²) in [5.74, 6) is -0.233. The molecule has 5 nitrogen and oxygen atoms in total. The highest BCUT2D eigenvalue weighted by molar-refractivity contribution is 6.56. The van der Waals surface area contributed by atoms with Gasteiger partial charge in [-0.3, -0.25) is 9.80 Å². The van der Waals surface area contributed by atoms with Crippen LogP contribution in [0.1, 0.15) is 11.1 Å². The van der Waals surface area contributed by atoms with E-state index in [-0.39, 0.29) is 5.91 Å². The monoisotopic (exact) mass is 389 g/mol. The van der Waals surface area contributed by atoms with Gasteiger partial charge in [0, 0.05) is 16.1 Å². The molecule has 2 N–H and O–H groups in total. The number of carbonyl (C=O) groups excluding carboxylic acids is 1. The Bertz CT molecular complexity index is 861. The fraction of sp³-hybridized carbons (Fsp3) is 0.263. The number of hydrazone groups is 1. The summed E-state index contributed by atoms with van der Waals surface area (Å²) in [6, 6.07) is 13.9. The lowest BCUT2D eigenvalue weighted by Gasteiger charge is -2.30. The summed E-state index contributed by atoms with van der Waals surface area (Å²) in [5.41, 5.74) is 2.99. The molecule has 26 heavy (non-hydrogen) atoms. The molecule has 0 spiro atoms. The van der Waals surface area contributed by atoms with Crippen LogP contribution in [0.2, 0.25) is 10.0 Å². The van der Waals surface area contributed by atoms with E-state index in [2.05, 4.69) is 34.7 Å². The van der Waals surface area contributed by atoms with Gasteiger partial charge in [0.1, 0.15) is 6.54 Å². The van der Waals surface area contributed by atoms with E-state index in [1.165, 1.54) is 10.5 Å². The molecule has 2 aromatic carbocycles. The fourth-order valence-electron chi connectivity index (χ4n) is 3.40. The number of nitrogens with one attached hydrogen (secondary N) is 2. The maximum Gasteiger partial charge on any atom is 0.276 e. The summed E-state index contributed by atoms with van der Waals surface area (Å²) in [6.45, 7) is 4.60. The predicted octanol–water partition coefficient (Wildman–Crippen LogP) is 2.05. The van der Waals surface area contributed by atoms with Gasteiger partial charge in [0.2, 0.25) is 0 Å². The Hall–Kier alpha value is -2.08. The third kappa shape index (κ3) is 3.56. The first-order valence-electron chi connectivity index (χ1n) is 8.62. The number of rotatable bonds is 3. The number of nitrogens with zero attached hydrogens (tertiary/aromatic N) is 2. The Morgan fingerprint density at radius 3 is 2.58 bits per heavy atom. The van der Waals surface area contributed by atoms with E-state index in [1.54, 1.807) is 12.1 Å². The van der Waals surface area contributed by atoms with Crippen LogP contribution in [0.15, 0.2) is 47.6 Å². The lowest BCUT2D eigenvalue weighted by molar-refractivity contribution is -0.918. The summed E-state index contributed by atoms with van der Waals surface area (Å²) in [6.07, 6.45) is 0. The minimum Gasteiger partial charge on any atom is -0.328 e. The Morgan fingerprint density at radius 1 is 1.12 bits per heavy atom. The van der Waals surface area contributed by atoms with E-state index in [0.29, 0.717) is 27.0 Å². The summed E-state index contributed by atoms with van der Waals surface area (Å²) >= 11 is 12.3. The highest BCUT2D eigenvalue weighted by Crippen LogP contribution is 2.34. The lowest BCUT2D eigenvalue weighted by Crippen LogP contribution is -3.13. The second-order valence-electron chi connectivity index (χ2n) is 6.58. The van der Waals surface area contributed by atoms with Crippen molar-refractivity contribution in [3.63, 3.8) is 0 Å². The largest absolute Gasteiger partial charge is 0.328 e. The van der Waals surface area contributed by atoms with Crippen molar-refractivity contribution in [2.24, 2.45) is 5.10 Å². The van der Waals surface area contributed by atoms with Crippen LogP contribution in [0.4, 0.5) is 5.69 Å². The molecule has 0 atom stereocenters.